The van der Waals surface area contributed by atoms with Gasteiger partial charge in [0.05, 0.1) is 17.5 Å². The summed E-state index contributed by atoms with van der Waals surface area (Å²) in [5.41, 5.74) is 0.733. The summed E-state index contributed by atoms with van der Waals surface area (Å²) in [6, 6.07) is 2.83. The van der Waals surface area contributed by atoms with Crippen LogP contribution in [0.2, 0.25) is 0 Å². The van der Waals surface area contributed by atoms with E-state index < -0.39 is 10.0 Å². The molecule has 1 unspecified atom stereocenters. The van der Waals surface area contributed by atoms with Gasteiger partial charge in [0.25, 0.3) is 5.91 Å². The molecular weight excluding hydrogens is 360 g/mol. The first-order valence-corrected chi connectivity index (χ1v) is 8.84. The lowest BCUT2D eigenvalue weighted by molar-refractivity contribution is 0.0624. The third-order valence-corrected chi connectivity index (χ3v) is 5.22. The Balaban J connectivity index is 2.27. The van der Waals surface area contributed by atoms with E-state index in [9.17, 15) is 13.2 Å². The molecule has 0 aromatic heterocycles. The molecular formula is C13H17BrN2O4S. The number of nitrogens with two attached hydrogens (primary N) is 1. The van der Waals surface area contributed by atoms with Gasteiger partial charge < -0.3 is 10.1 Å². The highest BCUT2D eigenvalue weighted by atomic mass is 79.9. The number of benzene rings is 1. The molecule has 1 atom stereocenters. The zero-order valence-electron chi connectivity index (χ0n) is 11.6. The number of ether oxygens (including phenoxy) is 1. The zero-order valence-corrected chi connectivity index (χ0v) is 14.0. The van der Waals surface area contributed by atoms with Gasteiger partial charge in [-0.05, 0) is 37.5 Å². The van der Waals surface area contributed by atoms with Crippen molar-refractivity contribution in [3.8, 4) is 0 Å². The van der Waals surface area contributed by atoms with Crippen LogP contribution in [0, 0.1) is 6.92 Å². The lowest BCUT2D eigenvalue weighted by atomic mass is 10.1. The first-order chi connectivity index (χ1) is 9.79. The molecule has 3 N–H and O–H groups in total. The van der Waals surface area contributed by atoms with E-state index >= 15 is 0 Å². The van der Waals surface area contributed by atoms with E-state index in [2.05, 4.69) is 21.2 Å². The van der Waals surface area contributed by atoms with E-state index in [1.54, 1.807) is 13.0 Å². The molecule has 0 aliphatic carbocycles. The first kappa shape index (κ1) is 16.4. The van der Waals surface area contributed by atoms with E-state index in [-0.39, 0.29) is 22.4 Å². The number of carbonyl (C=O) groups is 1. The fourth-order valence-electron chi connectivity index (χ4n) is 2.20. The summed E-state index contributed by atoms with van der Waals surface area (Å²) < 4.78 is 29.0. The Morgan fingerprint density at radius 2 is 2.19 bits per heavy atom. The van der Waals surface area contributed by atoms with Crippen molar-refractivity contribution in [3.05, 3.63) is 27.7 Å². The van der Waals surface area contributed by atoms with E-state index in [1.807, 2.05) is 0 Å². The number of hydrogen-bond acceptors (Lipinski definition) is 4. The van der Waals surface area contributed by atoms with Crippen molar-refractivity contribution >= 4 is 31.9 Å². The van der Waals surface area contributed by atoms with E-state index in [0.717, 1.165) is 12.8 Å². The summed E-state index contributed by atoms with van der Waals surface area (Å²) in [7, 11) is -3.88. The van der Waals surface area contributed by atoms with Gasteiger partial charge in [0, 0.05) is 16.6 Å². The van der Waals surface area contributed by atoms with Crippen LogP contribution in [0.4, 0.5) is 0 Å². The van der Waals surface area contributed by atoms with E-state index in [0.29, 0.717) is 23.2 Å². The van der Waals surface area contributed by atoms with Gasteiger partial charge in [-0.25, -0.2) is 13.6 Å². The maximum atomic E-state index is 12.2. The fraction of sp³-hybridized carbons (Fsp3) is 0.462. The molecule has 1 aromatic rings. The fourth-order valence-corrected chi connectivity index (χ4v) is 3.62. The Morgan fingerprint density at radius 1 is 1.48 bits per heavy atom. The summed E-state index contributed by atoms with van der Waals surface area (Å²) in [5.74, 6) is -0.337. The topological polar surface area (TPSA) is 98.5 Å². The van der Waals surface area contributed by atoms with Gasteiger partial charge in [-0.3, -0.25) is 4.79 Å². The van der Waals surface area contributed by atoms with Crippen molar-refractivity contribution in [2.24, 2.45) is 5.14 Å². The molecule has 1 fully saturated rings. The number of rotatable bonds is 3. The standard InChI is InChI=1S/C13H17BrN2O4S/c1-8-11(14)5-9(6-12(8)21(15,18)19)13(17)16-10-3-2-4-20-7-10/h5-6,10H,2-4,7H2,1H3,(H,16,17)(H2,15,18,19). The monoisotopic (exact) mass is 376 g/mol. The molecule has 1 aromatic carbocycles. The molecule has 21 heavy (non-hydrogen) atoms. The SMILES string of the molecule is Cc1c(Br)cc(C(=O)NC2CCCOC2)cc1S(N)(=O)=O. The Morgan fingerprint density at radius 3 is 2.76 bits per heavy atom. The van der Waals surface area contributed by atoms with Crippen LogP contribution in [0.3, 0.4) is 0 Å². The maximum absolute atomic E-state index is 12.2. The quantitative estimate of drug-likeness (QED) is 0.830. The zero-order chi connectivity index (χ0) is 15.6. The average Bonchev–Trinajstić information content (AvgIpc) is 2.41. The van der Waals surface area contributed by atoms with Crippen LogP contribution in [-0.2, 0) is 14.8 Å². The Hall–Kier alpha value is -0.960. The number of halogens is 1. The van der Waals surface area contributed by atoms with Gasteiger partial charge in [0.2, 0.25) is 10.0 Å². The number of hydrogen-bond donors (Lipinski definition) is 2. The summed E-state index contributed by atoms with van der Waals surface area (Å²) in [5, 5.41) is 8.02. The molecule has 8 heteroatoms. The van der Waals surface area contributed by atoms with Crippen LogP contribution in [-0.4, -0.2) is 33.6 Å². The van der Waals surface area contributed by atoms with Crippen molar-refractivity contribution in [2.75, 3.05) is 13.2 Å². The molecule has 6 nitrogen and oxygen atoms in total. The Bertz CT molecular complexity index is 654. The van der Waals surface area contributed by atoms with Crippen molar-refractivity contribution in [2.45, 2.75) is 30.7 Å². The molecule has 1 amide bonds. The van der Waals surface area contributed by atoms with E-state index in [4.69, 9.17) is 9.88 Å². The third-order valence-electron chi connectivity index (χ3n) is 3.36. The summed E-state index contributed by atoms with van der Waals surface area (Å²) in [6.45, 7) is 2.80. The largest absolute Gasteiger partial charge is 0.379 e. The third kappa shape index (κ3) is 4.03. The van der Waals surface area contributed by atoms with Crippen molar-refractivity contribution in [1.82, 2.24) is 5.32 Å². The molecule has 0 radical (unpaired) electrons. The summed E-state index contributed by atoms with van der Waals surface area (Å²) in [4.78, 5) is 12.2. The van der Waals surface area contributed by atoms with Gasteiger partial charge in [0.15, 0.2) is 0 Å². The predicted molar refractivity (Wildman–Crippen MR) is 81.6 cm³/mol. The number of primary sulfonamides is 1. The van der Waals surface area contributed by atoms with Gasteiger partial charge in [-0.15, -0.1) is 0 Å². The second-order valence-corrected chi connectivity index (χ2v) is 7.40. The smallest absolute Gasteiger partial charge is 0.251 e. The van der Waals surface area contributed by atoms with Crippen molar-refractivity contribution < 1.29 is 17.9 Å². The van der Waals surface area contributed by atoms with Gasteiger partial charge in [0.1, 0.15) is 0 Å². The molecule has 1 aliphatic heterocycles. The van der Waals surface area contributed by atoms with Crippen LogP contribution in [0.1, 0.15) is 28.8 Å². The van der Waals surface area contributed by atoms with Crippen LogP contribution in [0.15, 0.2) is 21.5 Å². The first-order valence-electron chi connectivity index (χ1n) is 6.50. The minimum Gasteiger partial charge on any atom is -0.379 e. The number of amides is 1. The number of carbonyl (C=O) groups excluding carboxylic acids is 1. The lowest BCUT2D eigenvalue weighted by Gasteiger charge is -2.23. The summed E-state index contributed by atoms with van der Waals surface area (Å²) in [6.07, 6.45) is 1.74. The average molecular weight is 377 g/mol. The van der Waals surface area contributed by atoms with Gasteiger partial charge in [-0.1, -0.05) is 15.9 Å². The van der Waals surface area contributed by atoms with Crippen LogP contribution >= 0.6 is 15.9 Å². The highest BCUT2D eigenvalue weighted by Crippen LogP contribution is 2.25. The van der Waals surface area contributed by atoms with Crippen molar-refractivity contribution in [3.63, 3.8) is 0 Å². The highest BCUT2D eigenvalue weighted by Gasteiger charge is 2.21. The van der Waals surface area contributed by atoms with Gasteiger partial charge >= 0.3 is 0 Å². The minimum absolute atomic E-state index is 0.0516. The maximum Gasteiger partial charge on any atom is 0.251 e. The molecule has 116 valence electrons. The second kappa shape index (κ2) is 6.43. The molecule has 0 spiro atoms. The number of sulfonamides is 1. The second-order valence-electron chi connectivity index (χ2n) is 5.01. The van der Waals surface area contributed by atoms with Gasteiger partial charge in [-0.2, -0.15) is 0 Å². The molecule has 2 rings (SSSR count). The van der Waals surface area contributed by atoms with Crippen LogP contribution < -0.4 is 10.5 Å². The molecule has 0 bridgehead atoms. The lowest BCUT2D eigenvalue weighted by Crippen LogP contribution is -2.40. The minimum atomic E-state index is -3.88. The highest BCUT2D eigenvalue weighted by molar-refractivity contribution is 9.10. The molecule has 1 aliphatic rings. The normalized spacial score (nSPS) is 19.3. The van der Waals surface area contributed by atoms with E-state index in [1.165, 1.54) is 6.07 Å². The number of nitrogens with one attached hydrogen (secondary N) is 1. The summed E-state index contributed by atoms with van der Waals surface area (Å²) >= 11 is 3.26. The van der Waals surface area contributed by atoms with Crippen LogP contribution in [0.5, 0.6) is 0 Å². The molecule has 1 heterocycles. The molecule has 0 saturated carbocycles. The molecule has 1 saturated heterocycles. The Kier molecular flexibility index (Phi) is 5.03. The van der Waals surface area contributed by atoms with Crippen molar-refractivity contribution in [1.29, 1.82) is 0 Å². The Labute approximate surface area is 132 Å². The van der Waals surface area contributed by atoms with Crippen LogP contribution in [0.25, 0.3) is 0 Å². The predicted octanol–water partition coefficient (Wildman–Crippen LogP) is 1.31.